The topological polar surface area (TPSA) is 22.1 Å². The lowest BCUT2D eigenvalue weighted by Crippen LogP contribution is -2.18. The Morgan fingerprint density at radius 2 is 1.86 bits per heavy atom. The van der Waals surface area contributed by atoms with Crippen molar-refractivity contribution in [3.8, 4) is 5.75 Å². The molecule has 2 nitrogen and oxygen atoms in total. The lowest BCUT2D eigenvalue weighted by atomic mass is 10.4. The largest absolute Gasteiger partial charge is 0.573 e. The van der Waals surface area contributed by atoms with Crippen molar-refractivity contribution in [3.63, 3.8) is 0 Å². The van der Waals surface area contributed by atoms with Crippen molar-refractivity contribution in [2.45, 2.75) is 6.36 Å². The van der Waals surface area contributed by atoms with Crippen molar-refractivity contribution < 1.29 is 26.7 Å². The van der Waals surface area contributed by atoms with Crippen LogP contribution in [0, 0.1) is 11.8 Å². The molecule has 0 atom stereocenters. The fraction of sp³-hybridized carbons (Fsp3) is 0.167. The fourth-order valence-electron chi connectivity index (χ4n) is 0.625. The van der Waals surface area contributed by atoms with E-state index >= 15 is 0 Å². The van der Waals surface area contributed by atoms with Gasteiger partial charge in [-0.25, -0.2) is 9.37 Å². The van der Waals surface area contributed by atoms with E-state index in [1.165, 1.54) is 0 Å². The summed E-state index contributed by atoms with van der Waals surface area (Å²) < 4.78 is 62.6. The molecule has 1 heterocycles. The molecule has 0 fully saturated rings. The average Bonchev–Trinajstić information content (AvgIpc) is 1.97. The van der Waals surface area contributed by atoms with Crippen LogP contribution in [0.25, 0.3) is 0 Å². The molecule has 0 saturated heterocycles. The standard InChI is InChI=1S/C6HBrF5NO/c7-4-3(14-6(10,11)12)1-2(8)5(9)13-4/h1H. The van der Waals surface area contributed by atoms with Crippen LogP contribution in [0.1, 0.15) is 0 Å². The van der Waals surface area contributed by atoms with Gasteiger partial charge >= 0.3 is 6.36 Å². The van der Waals surface area contributed by atoms with Crippen LogP contribution in [-0.4, -0.2) is 11.3 Å². The van der Waals surface area contributed by atoms with Crippen LogP contribution in [0.4, 0.5) is 22.0 Å². The zero-order chi connectivity index (χ0) is 10.9. The SMILES string of the molecule is Fc1cc(OC(F)(F)F)c(Br)nc1F. The van der Waals surface area contributed by atoms with Gasteiger partial charge in [0.2, 0.25) is 5.95 Å². The normalized spacial score (nSPS) is 11.6. The molecule has 0 saturated carbocycles. The molecule has 0 unspecified atom stereocenters. The van der Waals surface area contributed by atoms with Gasteiger partial charge in [-0.2, -0.15) is 4.39 Å². The molecule has 0 bridgehead atoms. The minimum atomic E-state index is -4.98. The Balaban J connectivity index is 3.04. The molecule has 8 heteroatoms. The van der Waals surface area contributed by atoms with Crippen LogP contribution >= 0.6 is 15.9 Å². The number of nitrogens with zero attached hydrogens (tertiary/aromatic N) is 1. The predicted molar refractivity (Wildman–Crippen MR) is 38.5 cm³/mol. The molecule has 0 aliphatic carbocycles. The van der Waals surface area contributed by atoms with Crippen LogP contribution < -0.4 is 4.74 Å². The number of pyridine rings is 1. The lowest BCUT2D eigenvalue weighted by Gasteiger charge is -2.09. The Morgan fingerprint density at radius 3 is 2.36 bits per heavy atom. The first-order valence-electron chi connectivity index (χ1n) is 3.07. The zero-order valence-corrected chi connectivity index (χ0v) is 7.79. The Labute approximate surface area is 82.8 Å². The van der Waals surface area contributed by atoms with E-state index in [1.54, 1.807) is 0 Å². The third-order valence-electron chi connectivity index (χ3n) is 1.08. The molecule has 0 spiro atoms. The van der Waals surface area contributed by atoms with Crippen LogP contribution in [0.2, 0.25) is 0 Å². The highest BCUT2D eigenvalue weighted by molar-refractivity contribution is 9.10. The van der Waals surface area contributed by atoms with Gasteiger partial charge in [0.05, 0.1) is 0 Å². The molecule has 0 radical (unpaired) electrons. The molecule has 1 aromatic heterocycles. The number of aromatic nitrogens is 1. The third-order valence-corrected chi connectivity index (χ3v) is 1.65. The molecule has 0 aliphatic heterocycles. The van der Waals surface area contributed by atoms with Gasteiger partial charge in [0.1, 0.15) is 0 Å². The van der Waals surface area contributed by atoms with Crippen molar-refractivity contribution >= 4 is 15.9 Å². The van der Waals surface area contributed by atoms with Gasteiger partial charge in [0, 0.05) is 6.07 Å². The van der Waals surface area contributed by atoms with E-state index in [-0.39, 0.29) is 6.07 Å². The number of hydrogen-bond donors (Lipinski definition) is 0. The first-order valence-corrected chi connectivity index (χ1v) is 3.86. The molecule has 14 heavy (non-hydrogen) atoms. The number of alkyl halides is 3. The zero-order valence-electron chi connectivity index (χ0n) is 6.20. The monoisotopic (exact) mass is 277 g/mol. The van der Waals surface area contributed by atoms with Gasteiger partial charge in [-0.3, -0.25) is 0 Å². The quantitative estimate of drug-likeness (QED) is 0.582. The van der Waals surface area contributed by atoms with E-state index < -0.39 is 28.5 Å². The first-order chi connectivity index (χ1) is 6.29. The average molecular weight is 278 g/mol. The van der Waals surface area contributed by atoms with Crippen molar-refractivity contribution in [3.05, 3.63) is 22.4 Å². The van der Waals surface area contributed by atoms with Crippen LogP contribution in [0.3, 0.4) is 0 Å². The Morgan fingerprint density at radius 1 is 1.29 bits per heavy atom. The van der Waals surface area contributed by atoms with Crippen LogP contribution in [-0.2, 0) is 0 Å². The minimum Gasteiger partial charge on any atom is -0.403 e. The maximum absolute atomic E-state index is 12.4. The number of halogens is 6. The van der Waals surface area contributed by atoms with Gasteiger partial charge in [-0.15, -0.1) is 13.2 Å². The fourth-order valence-corrected chi connectivity index (χ4v) is 0.976. The Kier molecular flexibility index (Phi) is 2.93. The summed E-state index contributed by atoms with van der Waals surface area (Å²) in [4.78, 5) is 2.81. The van der Waals surface area contributed by atoms with E-state index in [1.807, 2.05) is 0 Å². The second kappa shape index (κ2) is 3.68. The summed E-state index contributed by atoms with van der Waals surface area (Å²) in [6, 6.07) is 0.250. The predicted octanol–water partition coefficient (Wildman–Crippen LogP) is 3.02. The molecule has 0 aromatic carbocycles. The van der Waals surface area contributed by atoms with Crippen molar-refractivity contribution in [2.75, 3.05) is 0 Å². The Bertz CT molecular complexity index is 353. The summed E-state index contributed by atoms with van der Waals surface area (Å²) in [5, 5.41) is 0. The van der Waals surface area contributed by atoms with E-state index in [9.17, 15) is 22.0 Å². The van der Waals surface area contributed by atoms with Crippen molar-refractivity contribution in [1.82, 2.24) is 4.98 Å². The molecule has 0 amide bonds. The second-order valence-corrected chi connectivity index (χ2v) is 2.85. The number of hydrogen-bond acceptors (Lipinski definition) is 2. The van der Waals surface area contributed by atoms with Gasteiger partial charge < -0.3 is 4.74 Å². The van der Waals surface area contributed by atoms with Gasteiger partial charge in [-0.05, 0) is 15.9 Å². The number of rotatable bonds is 1. The van der Waals surface area contributed by atoms with Crippen LogP contribution in [0.5, 0.6) is 5.75 Å². The number of ether oxygens (including phenoxy) is 1. The molecule has 1 aromatic rings. The van der Waals surface area contributed by atoms with Gasteiger partial charge in [-0.1, -0.05) is 0 Å². The van der Waals surface area contributed by atoms with Crippen molar-refractivity contribution in [2.24, 2.45) is 0 Å². The molecule has 78 valence electrons. The molecule has 0 N–H and O–H groups in total. The third kappa shape index (κ3) is 2.79. The highest BCUT2D eigenvalue weighted by atomic mass is 79.9. The maximum atomic E-state index is 12.4. The van der Waals surface area contributed by atoms with Gasteiger partial charge in [0.25, 0.3) is 0 Å². The summed E-state index contributed by atoms with van der Waals surface area (Å²) in [5.41, 5.74) is 0. The first kappa shape index (κ1) is 11.2. The molecule has 0 aliphatic rings. The summed E-state index contributed by atoms with van der Waals surface area (Å²) in [6.07, 6.45) is -4.98. The highest BCUT2D eigenvalue weighted by Gasteiger charge is 2.32. The molecular weight excluding hydrogens is 277 g/mol. The van der Waals surface area contributed by atoms with E-state index in [0.29, 0.717) is 0 Å². The van der Waals surface area contributed by atoms with E-state index in [0.717, 1.165) is 0 Å². The summed E-state index contributed by atoms with van der Waals surface area (Å²) in [6.45, 7) is 0. The lowest BCUT2D eigenvalue weighted by molar-refractivity contribution is -0.275. The van der Waals surface area contributed by atoms with Crippen molar-refractivity contribution in [1.29, 1.82) is 0 Å². The molecular formula is C6HBrF5NO. The summed E-state index contributed by atoms with van der Waals surface area (Å²) >= 11 is 2.49. The summed E-state index contributed by atoms with van der Waals surface area (Å²) in [7, 11) is 0. The van der Waals surface area contributed by atoms with E-state index in [4.69, 9.17) is 0 Å². The van der Waals surface area contributed by atoms with E-state index in [2.05, 4.69) is 25.7 Å². The second-order valence-electron chi connectivity index (χ2n) is 2.10. The van der Waals surface area contributed by atoms with Gasteiger partial charge in [0.15, 0.2) is 16.2 Å². The van der Waals surface area contributed by atoms with Crippen LogP contribution in [0.15, 0.2) is 10.7 Å². The maximum Gasteiger partial charge on any atom is 0.573 e. The summed E-state index contributed by atoms with van der Waals surface area (Å²) in [5.74, 6) is -3.96. The smallest absolute Gasteiger partial charge is 0.403 e. The Hall–Kier alpha value is -0.920. The minimum absolute atomic E-state index is 0.250. The molecule has 1 rings (SSSR count). The highest BCUT2D eigenvalue weighted by Crippen LogP contribution is 2.29.